The van der Waals surface area contributed by atoms with Crippen LogP contribution < -0.4 is 0 Å². The van der Waals surface area contributed by atoms with Crippen molar-refractivity contribution in [3.8, 4) is 0 Å². The van der Waals surface area contributed by atoms with E-state index in [-0.39, 0.29) is 23.1 Å². The van der Waals surface area contributed by atoms with Gasteiger partial charge in [-0.2, -0.15) is 0 Å². The highest BCUT2D eigenvalue weighted by Crippen LogP contribution is 2.16. The molecule has 0 radical (unpaired) electrons. The van der Waals surface area contributed by atoms with E-state index < -0.39 is 10.0 Å². The van der Waals surface area contributed by atoms with Gasteiger partial charge in [-0.05, 0) is 31.0 Å². The van der Waals surface area contributed by atoms with E-state index in [1.807, 2.05) is 23.1 Å². The molecule has 2 aromatic carbocycles. The smallest absolute Gasteiger partial charge is 0.242 e. The van der Waals surface area contributed by atoms with Crippen molar-refractivity contribution >= 4 is 27.8 Å². The third-order valence-corrected chi connectivity index (χ3v) is 7.90. The Morgan fingerprint density at radius 2 is 1.62 bits per heavy atom. The molecule has 1 aliphatic heterocycles. The Balaban J connectivity index is 1.39. The molecule has 182 valence electrons. The third kappa shape index (κ3) is 7.09. The first-order chi connectivity index (χ1) is 16.3. The number of carbonyl (C=O) groups excluding carboxylic acids is 2. The van der Waals surface area contributed by atoms with Gasteiger partial charge in [-0.3, -0.25) is 14.5 Å². The Kier molecular flexibility index (Phi) is 9.15. The number of rotatable bonds is 10. The summed E-state index contributed by atoms with van der Waals surface area (Å²) >= 11 is 0. The van der Waals surface area contributed by atoms with Crippen LogP contribution in [0.1, 0.15) is 35.7 Å². The maximum atomic E-state index is 12.7. The van der Waals surface area contributed by atoms with Gasteiger partial charge in [0.25, 0.3) is 0 Å². The van der Waals surface area contributed by atoms with Gasteiger partial charge in [-0.15, -0.1) is 0 Å². The minimum atomic E-state index is -3.66. The molecule has 1 aliphatic rings. The molecule has 0 spiro atoms. The molecule has 3 rings (SSSR count). The molecule has 34 heavy (non-hydrogen) atoms. The Bertz CT molecular complexity index is 1090. The van der Waals surface area contributed by atoms with Crippen LogP contribution in [0.4, 0.5) is 0 Å². The molecule has 0 unspecified atom stereocenters. The molecule has 1 saturated heterocycles. The first-order valence-corrected chi connectivity index (χ1v) is 13.0. The van der Waals surface area contributed by atoms with E-state index in [0.29, 0.717) is 31.5 Å². The van der Waals surface area contributed by atoms with Crippen molar-refractivity contribution < 1.29 is 18.0 Å². The highest BCUT2D eigenvalue weighted by Gasteiger charge is 2.23. The molecule has 0 atom stereocenters. The van der Waals surface area contributed by atoms with E-state index in [0.717, 1.165) is 19.6 Å². The Morgan fingerprint density at radius 3 is 2.24 bits per heavy atom. The van der Waals surface area contributed by atoms with Crippen LogP contribution >= 0.6 is 0 Å². The Hall–Kier alpha value is -2.81. The predicted molar refractivity (Wildman–Crippen MR) is 134 cm³/mol. The van der Waals surface area contributed by atoms with Crippen LogP contribution in [0.3, 0.4) is 0 Å². The second kappa shape index (κ2) is 12.1. The lowest BCUT2D eigenvalue weighted by Gasteiger charge is -2.34. The molecule has 1 amide bonds. The summed E-state index contributed by atoms with van der Waals surface area (Å²) in [4.78, 5) is 28.3. The number of amides is 1. The topological polar surface area (TPSA) is 78.0 Å². The van der Waals surface area contributed by atoms with Crippen LogP contribution in [0.2, 0.25) is 0 Å². The first-order valence-electron chi connectivity index (χ1n) is 11.6. The molecule has 8 heteroatoms. The second-order valence-electron chi connectivity index (χ2n) is 8.51. The largest absolute Gasteiger partial charge is 0.340 e. The van der Waals surface area contributed by atoms with Crippen LogP contribution in [0.15, 0.2) is 65.6 Å². The number of hydrogen-bond donors (Lipinski definition) is 0. The van der Waals surface area contributed by atoms with Gasteiger partial charge in [-0.25, -0.2) is 12.7 Å². The number of piperazine rings is 1. The molecule has 0 saturated carbocycles. The molecule has 0 bridgehead atoms. The summed E-state index contributed by atoms with van der Waals surface area (Å²) in [5.41, 5.74) is 1.65. The molecule has 0 N–H and O–H groups in total. The standard InChI is InChI=1S/C26H33N3O4S/c1-22(30)24-12-14-25(15-13-24)34(32,33)27(2)16-7-11-26(31)29-20-18-28(19-21-29)17-6-10-23-8-4-3-5-9-23/h3-6,8-10,12-15H,7,11,16-21H2,1-2H3/b10-6+. The SMILES string of the molecule is CC(=O)c1ccc(S(=O)(=O)N(C)CCCC(=O)N2CCN(C/C=C/c3ccccc3)CC2)cc1. The minimum Gasteiger partial charge on any atom is -0.340 e. The van der Waals surface area contributed by atoms with Crippen LogP contribution in [-0.2, 0) is 14.8 Å². The van der Waals surface area contributed by atoms with E-state index in [9.17, 15) is 18.0 Å². The normalized spacial score (nSPS) is 15.2. The minimum absolute atomic E-state index is 0.0658. The molecule has 7 nitrogen and oxygen atoms in total. The van der Waals surface area contributed by atoms with Crippen molar-refractivity contribution in [2.45, 2.75) is 24.7 Å². The predicted octanol–water partition coefficient (Wildman–Crippen LogP) is 3.15. The van der Waals surface area contributed by atoms with Gasteiger partial charge in [0.1, 0.15) is 0 Å². The average Bonchev–Trinajstić information content (AvgIpc) is 2.85. The zero-order valence-corrected chi connectivity index (χ0v) is 20.7. The maximum absolute atomic E-state index is 12.7. The monoisotopic (exact) mass is 483 g/mol. The Labute approximate surface area is 202 Å². The van der Waals surface area contributed by atoms with Crippen molar-refractivity contribution in [2.75, 3.05) is 46.3 Å². The lowest BCUT2D eigenvalue weighted by molar-refractivity contribution is -0.133. The summed E-state index contributed by atoms with van der Waals surface area (Å²) < 4.78 is 26.7. The number of nitrogens with zero attached hydrogens (tertiary/aromatic N) is 3. The fourth-order valence-electron chi connectivity index (χ4n) is 3.85. The summed E-state index contributed by atoms with van der Waals surface area (Å²) in [6.45, 7) is 5.59. The van der Waals surface area contributed by atoms with E-state index in [1.54, 1.807) is 0 Å². The highest BCUT2D eigenvalue weighted by molar-refractivity contribution is 7.89. The highest BCUT2D eigenvalue weighted by atomic mass is 32.2. The molecular formula is C26H33N3O4S. The third-order valence-electron chi connectivity index (χ3n) is 6.03. The van der Waals surface area contributed by atoms with Gasteiger partial charge < -0.3 is 4.90 Å². The lowest BCUT2D eigenvalue weighted by Crippen LogP contribution is -2.48. The molecule has 1 heterocycles. The molecule has 0 aliphatic carbocycles. The maximum Gasteiger partial charge on any atom is 0.242 e. The van der Waals surface area contributed by atoms with Gasteiger partial charge in [0, 0.05) is 58.3 Å². The lowest BCUT2D eigenvalue weighted by atomic mass is 10.2. The van der Waals surface area contributed by atoms with Crippen LogP contribution in [0.25, 0.3) is 6.08 Å². The fourth-order valence-corrected chi connectivity index (χ4v) is 5.06. The van der Waals surface area contributed by atoms with Gasteiger partial charge >= 0.3 is 0 Å². The summed E-state index contributed by atoms with van der Waals surface area (Å²) in [6, 6.07) is 16.1. The summed E-state index contributed by atoms with van der Waals surface area (Å²) in [6.07, 6.45) is 5.04. The van der Waals surface area contributed by atoms with Crippen molar-refractivity contribution in [2.24, 2.45) is 0 Å². The number of sulfonamides is 1. The van der Waals surface area contributed by atoms with Gasteiger partial charge in [-0.1, -0.05) is 54.6 Å². The van der Waals surface area contributed by atoms with Crippen molar-refractivity contribution in [1.82, 2.24) is 14.1 Å². The number of ketones is 1. The zero-order valence-electron chi connectivity index (χ0n) is 19.9. The van der Waals surface area contributed by atoms with Crippen molar-refractivity contribution in [3.05, 3.63) is 71.8 Å². The average molecular weight is 484 g/mol. The molecule has 2 aromatic rings. The van der Waals surface area contributed by atoms with E-state index >= 15 is 0 Å². The Morgan fingerprint density at radius 1 is 0.971 bits per heavy atom. The zero-order chi connectivity index (χ0) is 24.6. The van der Waals surface area contributed by atoms with Gasteiger partial charge in [0.15, 0.2) is 5.78 Å². The van der Waals surface area contributed by atoms with Gasteiger partial charge in [0.05, 0.1) is 4.90 Å². The second-order valence-corrected chi connectivity index (χ2v) is 10.6. The fraction of sp³-hybridized carbons (Fsp3) is 0.385. The summed E-state index contributed by atoms with van der Waals surface area (Å²) in [5.74, 6) is -0.0450. The number of carbonyl (C=O) groups is 2. The van der Waals surface area contributed by atoms with Gasteiger partial charge in [0.2, 0.25) is 15.9 Å². The van der Waals surface area contributed by atoms with Crippen LogP contribution in [0, 0.1) is 0 Å². The number of Topliss-reactive ketones (excluding diaryl/α,β-unsaturated/α-hetero) is 1. The number of benzene rings is 2. The summed E-state index contributed by atoms with van der Waals surface area (Å²) in [5, 5.41) is 0. The molecular weight excluding hydrogens is 450 g/mol. The van der Waals surface area contributed by atoms with E-state index in [2.05, 4.69) is 29.2 Å². The van der Waals surface area contributed by atoms with Crippen molar-refractivity contribution in [3.63, 3.8) is 0 Å². The molecule has 1 fully saturated rings. The number of hydrogen-bond acceptors (Lipinski definition) is 5. The first kappa shape index (κ1) is 25.8. The van der Waals surface area contributed by atoms with E-state index in [1.165, 1.54) is 48.1 Å². The quantitative estimate of drug-likeness (QED) is 0.485. The molecule has 0 aromatic heterocycles. The van der Waals surface area contributed by atoms with Crippen LogP contribution in [0.5, 0.6) is 0 Å². The van der Waals surface area contributed by atoms with Crippen LogP contribution in [-0.4, -0.2) is 80.5 Å². The summed E-state index contributed by atoms with van der Waals surface area (Å²) in [7, 11) is -2.14. The van der Waals surface area contributed by atoms with Crippen molar-refractivity contribution in [1.29, 1.82) is 0 Å². The van der Waals surface area contributed by atoms with E-state index in [4.69, 9.17) is 0 Å².